The van der Waals surface area contributed by atoms with Gasteiger partial charge < -0.3 is 0 Å². The smallest absolute Gasteiger partial charge is 0.218 e. The highest BCUT2D eigenvalue weighted by atomic mass is 32.2. The normalized spacial score (nSPS) is 12.0. The van der Waals surface area contributed by atoms with Gasteiger partial charge in [0.1, 0.15) is 0 Å². The first-order chi connectivity index (χ1) is 12.4. The Morgan fingerprint density at radius 2 is 1.85 bits per heavy atom. The summed E-state index contributed by atoms with van der Waals surface area (Å²) in [4.78, 5) is 2.14. The molecule has 0 saturated heterocycles. The minimum atomic E-state index is -3.36. The molecule has 0 radical (unpaired) electrons. The van der Waals surface area contributed by atoms with Crippen LogP contribution in [0.15, 0.2) is 42.5 Å². The number of rotatable bonds is 7. The van der Waals surface area contributed by atoms with Crippen molar-refractivity contribution in [2.45, 2.75) is 33.1 Å². The highest BCUT2D eigenvalue weighted by molar-refractivity contribution is 7.88. The second-order valence-corrected chi connectivity index (χ2v) is 9.38. The van der Waals surface area contributed by atoms with E-state index in [0.29, 0.717) is 13.1 Å². The van der Waals surface area contributed by atoms with Gasteiger partial charge in [-0.3, -0.25) is 5.10 Å². The zero-order chi connectivity index (χ0) is 18.7. The molecule has 5 nitrogen and oxygen atoms in total. The van der Waals surface area contributed by atoms with Gasteiger partial charge in [-0.2, -0.15) is 9.40 Å². The number of nitrogens with zero attached hydrogens (tertiary/aromatic N) is 2. The van der Waals surface area contributed by atoms with Crippen LogP contribution < -0.4 is 0 Å². The summed E-state index contributed by atoms with van der Waals surface area (Å²) >= 11 is 1.62. The first-order valence-corrected chi connectivity index (χ1v) is 11.0. The van der Waals surface area contributed by atoms with Gasteiger partial charge in [0.2, 0.25) is 10.0 Å². The molecule has 1 aromatic carbocycles. The number of aromatic nitrogens is 2. The number of H-pyrrole nitrogens is 1. The molecule has 3 aromatic rings. The largest absolute Gasteiger partial charge is 0.282 e. The van der Waals surface area contributed by atoms with Crippen molar-refractivity contribution in [2.24, 2.45) is 0 Å². The summed E-state index contributed by atoms with van der Waals surface area (Å²) in [6, 6.07) is 13.4. The highest BCUT2D eigenvalue weighted by Gasteiger charge is 2.22. The van der Waals surface area contributed by atoms with Gasteiger partial charge in [0.05, 0.1) is 11.4 Å². The summed E-state index contributed by atoms with van der Waals surface area (Å²) in [5.74, 6) is 0.0276. The fourth-order valence-electron chi connectivity index (χ4n) is 2.97. The molecule has 0 atom stereocenters. The van der Waals surface area contributed by atoms with Crippen LogP contribution in [0.2, 0.25) is 0 Å². The molecular weight excluding hydrogens is 366 g/mol. The van der Waals surface area contributed by atoms with E-state index in [0.717, 1.165) is 32.3 Å². The minimum absolute atomic E-state index is 0.0276. The number of aromatic amines is 1. The van der Waals surface area contributed by atoms with Crippen LogP contribution in [0.4, 0.5) is 0 Å². The first-order valence-electron chi connectivity index (χ1n) is 8.53. The van der Waals surface area contributed by atoms with Crippen LogP contribution in [-0.2, 0) is 22.3 Å². The molecule has 3 rings (SSSR count). The molecule has 2 aromatic heterocycles. The Hall–Kier alpha value is -1.96. The number of thiophene rings is 1. The van der Waals surface area contributed by atoms with E-state index in [1.165, 1.54) is 0 Å². The molecule has 0 aliphatic carbocycles. The molecular formula is C19H23N3O2S2. The van der Waals surface area contributed by atoms with Crippen molar-refractivity contribution in [3.05, 3.63) is 64.3 Å². The molecule has 1 N–H and O–H groups in total. The maximum atomic E-state index is 12.8. The molecule has 0 spiro atoms. The summed E-state index contributed by atoms with van der Waals surface area (Å²) in [5.41, 5.74) is 3.90. The van der Waals surface area contributed by atoms with E-state index < -0.39 is 10.0 Å². The first kappa shape index (κ1) is 18.8. The van der Waals surface area contributed by atoms with Gasteiger partial charge in [0.15, 0.2) is 0 Å². The Kier molecular flexibility index (Phi) is 5.60. The van der Waals surface area contributed by atoms with Crippen LogP contribution >= 0.6 is 11.3 Å². The zero-order valence-corrected chi connectivity index (χ0v) is 16.8. The van der Waals surface area contributed by atoms with Gasteiger partial charge in [-0.15, -0.1) is 11.3 Å². The van der Waals surface area contributed by atoms with E-state index in [-0.39, 0.29) is 5.75 Å². The van der Waals surface area contributed by atoms with Gasteiger partial charge in [-0.25, -0.2) is 8.42 Å². The highest BCUT2D eigenvalue weighted by Crippen LogP contribution is 2.32. The standard InChI is InChI=1S/C19H23N3O2S2/c1-4-22(26(23,24)13-16-8-6-5-7-9-16)12-17-10-11-18(25-17)19-14(2)20-21-15(19)3/h5-11H,4,12-13H2,1-3H3,(H,20,21). The van der Waals surface area contributed by atoms with Crippen molar-refractivity contribution < 1.29 is 8.42 Å². The number of hydrogen-bond acceptors (Lipinski definition) is 4. The van der Waals surface area contributed by atoms with E-state index in [2.05, 4.69) is 10.2 Å². The fourth-order valence-corrected chi connectivity index (χ4v) is 5.75. The molecule has 26 heavy (non-hydrogen) atoms. The molecule has 0 unspecified atom stereocenters. The van der Waals surface area contributed by atoms with Crippen molar-refractivity contribution in [1.29, 1.82) is 0 Å². The lowest BCUT2D eigenvalue weighted by Gasteiger charge is -2.19. The van der Waals surface area contributed by atoms with Gasteiger partial charge >= 0.3 is 0 Å². The number of aryl methyl sites for hydroxylation is 2. The van der Waals surface area contributed by atoms with Crippen molar-refractivity contribution >= 4 is 21.4 Å². The molecule has 0 amide bonds. The molecule has 0 saturated carbocycles. The van der Waals surface area contributed by atoms with Crippen LogP contribution in [-0.4, -0.2) is 29.5 Å². The quantitative estimate of drug-likeness (QED) is 0.661. The Bertz CT molecular complexity index is 956. The lowest BCUT2D eigenvalue weighted by atomic mass is 10.1. The lowest BCUT2D eigenvalue weighted by molar-refractivity contribution is 0.425. The monoisotopic (exact) mass is 389 g/mol. The van der Waals surface area contributed by atoms with Crippen LogP contribution in [0.5, 0.6) is 0 Å². The molecule has 0 aliphatic rings. The van der Waals surface area contributed by atoms with Crippen molar-refractivity contribution in [3.8, 4) is 10.4 Å². The Morgan fingerprint density at radius 1 is 1.12 bits per heavy atom. The maximum Gasteiger partial charge on any atom is 0.218 e. The summed E-state index contributed by atoms with van der Waals surface area (Å²) in [5, 5.41) is 7.24. The van der Waals surface area contributed by atoms with E-state index in [1.54, 1.807) is 15.6 Å². The molecule has 0 bridgehead atoms. The Morgan fingerprint density at radius 3 is 2.46 bits per heavy atom. The average Bonchev–Trinajstić information content (AvgIpc) is 3.19. The van der Waals surface area contributed by atoms with Gasteiger partial charge in [0, 0.05) is 34.1 Å². The molecule has 0 aliphatic heterocycles. The van der Waals surface area contributed by atoms with Crippen molar-refractivity contribution in [1.82, 2.24) is 14.5 Å². The van der Waals surface area contributed by atoms with Crippen LogP contribution in [0.1, 0.15) is 28.8 Å². The lowest BCUT2D eigenvalue weighted by Crippen LogP contribution is -2.31. The summed E-state index contributed by atoms with van der Waals surface area (Å²) in [6.45, 7) is 6.69. The number of nitrogens with one attached hydrogen (secondary N) is 1. The molecule has 138 valence electrons. The number of benzene rings is 1. The van der Waals surface area contributed by atoms with E-state index in [1.807, 2.05) is 63.2 Å². The number of hydrogen-bond donors (Lipinski definition) is 1. The Labute approximate surface area is 158 Å². The average molecular weight is 390 g/mol. The molecule has 2 heterocycles. The third-order valence-corrected chi connectivity index (χ3v) is 7.27. The third kappa shape index (κ3) is 4.06. The summed E-state index contributed by atoms with van der Waals surface area (Å²) < 4.78 is 27.1. The third-order valence-electron chi connectivity index (χ3n) is 4.31. The van der Waals surface area contributed by atoms with Crippen LogP contribution in [0.25, 0.3) is 10.4 Å². The Balaban J connectivity index is 1.78. The SMILES string of the molecule is CCN(Cc1ccc(-c2c(C)n[nH]c2C)s1)S(=O)(=O)Cc1ccccc1. The van der Waals surface area contributed by atoms with E-state index in [4.69, 9.17) is 0 Å². The van der Waals surface area contributed by atoms with Crippen molar-refractivity contribution in [3.63, 3.8) is 0 Å². The zero-order valence-electron chi connectivity index (χ0n) is 15.2. The van der Waals surface area contributed by atoms with Gasteiger partial charge in [0.25, 0.3) is 0 Å². The second kappa shape index (κ2) is 7.73. The van der Waals surface area contributed by atoms with Crippen LogP contribution in [0, 0.1) is 13.8 Å². The predicted octanol–water partition coefficient (Wildman–Crippen LogP) is 4.11. The maximum absolute atomic E-state index is 12.8. The summed E-state index contributed by atoms with van der Waals surface area (Å²) in [6.07, 6.45) is 0. The fraction of sp³-hybridized carbons (Fsp3) is 0.316. The number of sulfonamides is 1. The molecule has 7 heteroatoms. The van der Waals surface area contributed by atoms with Crippen molar-refractivity contribution in [2.75, 3.05) is 6.54 Å². The predicted molar refractivity (Wildman–Crippen MR) is 107 cm³/mol. The summed E-state index contributed by atoms with van der Waals surface area (Å²) in [7, 11) is -3.36. The van der Waals surface area contributed by atoms with Crippen LogP contribution in [0.3, 0.4) is 0 Å². The van der Waals surface area contributed by atoms with Gasteiger partial charge in [-0.05, 0) is 31.5 Å². The van der Waals surface area contributed by atoms with E-state index in [9.17, 15) is 8.42 Å². The van der Waals surface area contributed by atoms with Gasteiger partial charge in [-0.1, -0.05) is 37.3 Å². The topological polar surface area (TPSA) is 66.1 Å². The second-order valence-electron chi connectivity index (χ2n) is 6.24. The molecule has 0 fully saturated rings. The van der Waals surface area contributed by atoms with E-state index >= 15 is 0 Å². The minimum Gasteiger partial charge on any atom is -0.282 e.